The lowest BCUT2D eigenvalue weighted by molar-refractivity contribution is -0.0517. The summed E-state index contributed by atoms with van der Waals surface area (Å²) in [5, 5.41) is 2.41. The van der Waals surface area contributed by atoms with Crippen LogP contribution >= 0.6 is 0 Å². The van der Waals surface area contributed by atoms with Gasteiger partial charge in [-0.05, 0) is 30.2 Å². The molecule has 25 heavy (non-hydrogen) atoms. The van der Waals surface area contributed by atoms with Crippen LogP contribution in [0.4, 0.5) is 13.2 Å². The molecule has 1 saturated heterocycles. The molecule has 144 valence electrons. The molecule has 2 atom stereocenters. The van der Waals surface area contributed by atoms with Gasteiger partial charge < -0.3 is 4.55 Å². The van der Waals surface area contributed by atoms with E-state index in [2.05, 4.69) is 50.0 Å². The molecule has 0 saturated carbocycles. The predicted octanol–water partition coefficient (Wildman–Crippen LogP) is 4.46. The highest BCUT2D eigenvalue weighted by Crippen LogP contribution is 2.36. The van der Waals surface area contributed by atoms with E-state index in [1.54, 1.807) is 5.56 Å². The van der Waals surface area contributed by atoms with Crippen molar-refractivity contribution in [3.63, 3.8) is 0 Å². The molecule has 0 aromatic heterocycles. The number of alkyl halides is 3. The van der Waals surface area contributed by atoms with E-state index in [-0.39, 0.29) is 0 Å². The highest BCUT2D eigenvalue weighted by molar-refractivity contribution is 7.98. The minimum atomic E-state index is -6.09. The van der Waals surface area contributed by atoms with E-state index in [1.807, 2.05) is 0 Å². The Morgan fingerprint density at radius 3 is 2.12 bits per heavy atom. The molecule has 1 aliphatic heterocycles. The number of hydrogen-bond acceptors (Lipinski definition) is 3. The highest BCUT2D eigenvalue weighted by atomic mass is 32.2. The topological polar surface area (TPSA) is 57.2 Å². The van der Waals surface area contributed by atoms with E-state index in [9.17, 15) is 13.2 Å². The normalized spacial score (nSPS) is 22.0. The molecule has 1 aromatic rings. The molecule has 2 rings (SSSR count). The second kappa shape index (κ2) is 8.92. The van der Waals surface area contributed by atoms with Gasteiger partial charge >= 0.3 is 5.51 Å². The van der Waals surface area contributed by atoms with Crippen LogP contribution in [0.5, 0.6) is 0 Å². The number of hydrogen-bond donors (Lipinski definition) is 0. The summed E-state index contributed by atoms with van der Waals surface area (Å²) in [6.45, 7) is 7.57. The number of halogens is 3. The van der Waals surface area contributed by atoms with E-state index < -0.39 is 23.7 Å². The van der Waals surface area contributed by atoms with Gasteiger partial charge in [-0.15, -0.1) is 0 Å². The SMILES string of the molecule is C[Si](C)(C)C[S+]1CCCCC1c1ccccc1.O=S(=O)([O-])C(F)(F)F. The van der Waals surface area contributed by atoms with Crippen LogP contribution in [-0.2, 0) is 21.0 Å². The van der Waals surface area contributed by atoms with Crippen LogP contribution in [0.1, 0.15) is 30.1 Å². The van der Waals surface area contributed by atoms with Gasteiger partial charge in [0.05, 0.1) is 5.38 Å². The van der Waals surface area contributed by atoms with Crippen molar-refractivity contribution in [3.8, 4) is 0 Å². The van der Waals surface area contributed by atoms with E-state index in [0.717, 1.165) is 5.25 Å². The van der Waals surface area contributed by atoms with E-state index in [0.29, 0.717) is 10.9 Å². The first-order valence-corrected chi connectivity index (χ1v) is 14.8. The summed E-state index contributed by atoms with van der Waals surface area (Å²) in [6, 6.07) is 11.3. The fraction of sp³-hybridized carbons (Fsp3) is 0.625. The number of rotatable bonds is 3. The average molecular weight is 415 g/mol. The van der Waals surface area contributed by atoms with Gasteiger partial charge in [0, 0.05) is 5.56 Å². The summed E-state index contributed by atoms with van der Waals surface area (Å²) in [4.78, 5) is 0. The smallest absolute Gasteiger partial charge is 0.485 e. The van der Waals surface area contributed by atoms with Gasteiger partial charge in [0.25, 0.3) is 0 Å². The van der Waals surface area contributed by atoms with Crippen molar-refractivity contribution in [2.24, 2.45) is 0 Å². The molecule has 1 aliphatic rings. The summed E-state index contributed by atoms with van der Waals surface area (Å²) < 4.78 is 58.9. The minimum absolute atomic E-state index is 0.659. The van der Waals surface area contributed by atoms with Gasteiger partial charge in [-0.25, -0.2) is 8.42 Å². The molecule has 1 aromatic carbocycles. The Morgan fingerprint density at radius 1 is 1.16 bits per heavy atom. The molecule has 0 bridgehead atoms. The lowest BCUT2D eigenvalue weighted by Gasteiger charge is -2.27. The maximum absolute atomic E-state index is 10.7. The van der Waals surface area contributed by atoms with E-state index in [1.165, 1.54) is 30.4 Å². The van der Waals surface area contributed by atoms with Crippen LogP contribution < -0.4 is 0 Å². The minimum Gasteiger partial charge on any atom is -0.741 e. The molecule has 1 fully saturated rings. The Labute approximate surface area is 152 Å². The lowest BCUT2D eigenvalue weighted by Crippen LogP contribution is -2.37. The maximum atomic E-state index is 10.7. The molecule has 3 nitrogen and oxygen atoms in total. The van der Waals surface area contributed by atoms with Gasteiger partial charge in [0.15, 0.2) is 10.1 Å². The largest absolute Gasteiger partial charge is 0.741 e. The van der Waals surface area contributed by atoms with Crippen molar-refractivity contribution < 1.29 is 26.1 Å². The summed E-state index contributed by atoms with van der Waals surface area (Å²) in [7, 11) is -6.34. The fourth-order valence-corrected chi connectivity index (χ4v) is 10.4. The average Bonchev–Trinajstić information content (AvgIpc) is 2.45. The second-order valence-electron chi connectivity index (χ2n) is 7.24. The summed E-state index contributed by atoms with van der Waals surface area (Å²) >= 11 is 0. The molecule has 2 unspecified atom stereocenters. The third-order valence-electron chi connectivity index (χ3n) is 3.60. The van der Waals surface area contributed by atoms with Crippen LogP contribution in [0.25, 0.3) is 0 Å². The summed E-state index contributed by atoms with van der Waals surface area (Å²) in [5.74, 6) is 1.49. The summed E-state index contributed by atoms with van der Waals surface area (Å²) in [6.07, 6.45) is 4.34. The van der Waals surface area contributed by atoms with Crippen LogP contribution in [0.2, 0.25) is 19.6 Å². The van der Waals surface area contributed by atoms with E-state index >= 15 is 0 Å². The van der Waals surface area contributed by atoms with Crippen LogP contribution in [0.3, 0.4) is 0 Å². The van der Waals surface area contributed by atoms with Gasteiger partial charge in [-0.2, -0.15) is 13.2 Å². The quantitative estimate of drug-likeness (QED) is 0.318. The fourth-order valence-electron chi connectivity index (χ4n) is 2.68. The molecule has 0 N–H and O–H groups in total. The first kappa shape index (κ1) is 22.5. The molecule has 0 radical (unpaired) electrons. The molecular weight excluding hydrogens is 389 g/mol. The van der Waals surface area contributed by atoms with Crippen molar-refractivity contribution in [2.45, 2.75) is 49.7 Å². The van der Waals surface area contributed by atoms with Crippen molar-refractivity contribution in [1.29, 1.82) is 0 Å². The van der Waals surface area contributed by atoms with E-state index in [4.69, 9.17) is 13.0 Å². The van der Waals surface area contributed by atoms with Gasteiger partial charge in [-0.1, -0.05) is 50.0 Å². The number of benzene rings is 1. The van der Waals surface area contributed by atoms with Crippen molar-refractivity contribution >= 4 is 29.1 Å². The van der Waals surface area contributed by atoms with Crippen molar-refractivity contribution in [1.82, 2.24) is 0 Å². The predicted molar refractivity (Wildman–Crippen MR) is 99.2 cm³/mol. The Bertz CT molecular complexity index is 628. The zero-order valence-electron chi connectivity index (χ0n) is 14.7. The Kier molecular flexibility index (Phi) is 8.04. The molecule has 9 heteroatoms. The zero-order chi connectivity index (χ0) is 19.3. The molecule has 0 spiro atoms. The Hall–Kier alpha value is -0.513. The third kappa shape index (κ3) is 8.15. The third-order valence-corrected chi connectivity index (χ3v) is 11.2. The monoisotopic (exact) mass is 414 g/mol. The first-order chi connectivity index (χ1) is 11.3. The first-order valence-electron chi connectivity index (χ1n) is 8.05. The standard InChI is InChI=1S/C15H25SSi.CHF3O3S/c1-17(2,3)13-16-12-8-7-11-15(16)14-9-5-4-6-10-14;2-1(3,4)8(5,6)7/h4-6,9-10,15H,7-8,11-13H2,1-3H3;(H,5,6,7)/q+1;/p-1. The molecular formula is C16H25F3O3S2Si. The maximum Gasteiger partial charge on any atom is 0.485 e. The van der Waals surface area contributed by atoms with Crippen LogP contribution in [0, 0.1) is 0 Å². The van der Waals surface area contributed by atoms with Gasteiger partial charge in [-0.3, -0.25) is 0 Å². The summed E-state index contributed by atoms with van der Waals surface area (Å²) in [5.41, 5.74) is -4.04. The van der Waals surface area contributed by atoms with Crippen LogP contribution in [0.15, 0.2) is 30.3 Å². The van der Waals surface area contributed by atoms with Crippen molar-refractivity contribution in [2.75, 3.05) is 11.1 Å². The molecule has 0 amide bonds. The zero-order valence-corrected chi connectivity index (χ0v) is 17.3. The van der Waals surface area contributed by atoms with Crippen molar-refractivity contribution in [3.05, 3.63) is 35.9 Å². The van der Waals surface area contributed by atoms with Gasteiger partial charge in [0.2, 0.25) is 0 Å². The Morgan fingerprint density at radius 2 is 1.68 bits per heavy atom. The lowest BCUT2D eigenvalue weighted by atomic mass is 10.1. The van der Waals surface area contributed by atoms with Gasteiger partial charge in [0.1, 0.15) is 19.1 Å². The second-order valence-corrected chi connectivity index (χ2v) is 16.9. The van der Waals surface area contributed by atoms with Crippen LogP contribution in [-0.4, -0.2) is 37.7 Å². The highest BCUT2D eigenvalue weighted by Gasteiger charge is 2.38. The Balaban J connectivity index is 0.000000333. The molecule has 1 heterocycles. The molecule has 0 aliphatic carbocycles.